The van der Waals surface area contributed by atoms with Crippen LogP contribution < -0.4 is 0 Å². The van der Waals surface area contributed by atoms with Gasteiger partial charge in [0.05, 0.1) is 17.2 Å². The first-order chi connectivity index (χ1) is 6.56. The number of esters is 1. The molecule has 0 N–H and O–H groups in total. The maximum absolute atomic E-state index is 11.4. The number of halogens is 2. The Morgan fingerprint density at radius 3 is 2.79 bits per heavy atom. The lowest BCUT2D eigenvalue weighted by Crippen LogP contribution is -2.05. The molecule has 76 valence electrons. The summed E-state index contributed by atoms with van der Waals surface area (Å²) in [7, 11) is 0. The predicted molar refractivity (Wildman–Crippen MR) is 59.8 cm³/mol. The SMILES string of the molecule is CCOC(=O)c1cc(C)cc(Br)c1Cl. The standard InChI is InChI=1S/C10H10BrClO2/c1-3-14-10(13)7-4-6(2)5-8(11)9(7)12/h4-5H,3H2,1-2H3. The molecule has 1 aromatic rings. The molecular weight excluding hydrogens is 267 g/mol. The minimum atomic E-state index is -0.387. The molecule has 1 aromatic carbocycles. The first kappa shape index (κ1) is 11.5. The number of aryl methyl sites for hydroxylation is 1. The van der Waals surface area contributed by atoms with Crippen LogP contribution in [0, 0.1) is 6.92 Å². The Balaban J connectivity index is 3.13. The van der Waals surface area contributed by atoms with Gasteiger partial charge in [-0.15, -0.1) is 0 Å². The highest BCUT2D eigenvalue weighted by molar-refractivity contribution is 9.10. The van der Waals surface area contributed by atoms with E-state index in [1.54, 1.807) is 13.0 Å². The molecule has 0 atom stereocenters. The largest absolute Gasteiger partial charge is 0.462 e. The van der Waals surface area contributed by atoms with Crippen molar-refractivity contribution in [1.82, 2.24) is 0 Å². The summed E-state index contributed by atoms with van der Waals surface area (Å²) < 4.78 is 5.58. The van der Waals surface area contributed by atoms with Gasteiger partial charge < -0.3 is 4.74 Å². The van der Waals surface area contributed by atoms with Crippen LogP contribution in [0.25, 0.3) is 0 Å². The molecule has 0 amide bonds. The zero-order valence-corrected chi connectivity index (χ0v) is 10.3. The van der Waals surface area contributed by atoms with Gasteiger partial charge in [0.25, 0.3) is 0 Å². The van der Waals surface area contributed by atoms with E-state index in [9.17, 15) is 4.79 Å². The number of carbonyl (C=O) groups excluding carboxylic acids is 1. The topological polar surface area (TPSA) is 26.3 Å². The molecule has 14 heavy (non-hydrogen) atoms. The van der Waals surface area contributed by atoms with Gasteiger partial charge in [0.15, 0.2) is 0 Å². The molecule has 0 saturated heterocycles. The van der Waals surface area contributed by atoms with Crippen molar-refractivity contribution in [2.24, 2.45) is 0 Å². The minimum absolute atomic E-state index is 0.348. The van der Waals surface area contributed by atoms with Gasteiger partial charge in [-0.05, 0) is 47.5 Å². The highest BCUT2D eigenvalue weighted by Crippen LogP contribution is 2.28. The fourth-order valence-corrected chi connectivity index (χ4v) is 1.84. The molecule has 4 heteroatoms. The second-order valence-corrected chi connectivity index (χ2v) is 4.06. The molecule has 0 spiro atoms. The molecule has 2 nitrogen and oxygen atoms in total. The molecular formula is C10H10BrClO2. The van der Waals surface area contributed by atoms with Crippen molar-refractivity contribution in [3.05, 3.63) is 32.8 Å². The predicted octanol–water partition coefficient (Wildman–Crippen LogP) is 3.59. The van der Waals surface area contributed by atoms with Gasteiger partial charge in [-0.3, -0.25) is 0 Å². The highest BCUT2D eigenvalue weighted by Gasteiger charge is 2.14. The Hall–Kier alpha value is -0.540. The number of carbonyl (C=O) groups is 1. The Morgan fingerprint density at radius 2 is 2.21 bits per heavy atom. The van der Waals surface area contributed by atoms with Gasteiger partial charge in [-0.25, -0.2) is 4.79 Å². The van der Waals surface area contributed by atoms with Gasteiger partial charge in [-0.2, -0.15) is 0 Å². The average molecular weight is 278 g/mol. The zero-order valence-electron chi connectivity index (χ0n) is 7.93. The zero-order chi connectivity index (χ0) is 10.7. The van der Waals surface area contributed by atoms with Crippen molar-refractivity contribution in [2.45, 2.75) is 13.8 Å². The Morgan fingerprint density at radius 1 is 1.57 bits per heavy atom. The number of rotatable bonds is 2. The first-order valence-corrected chi connectivity index (χ1v) is 5.36. The number of hydrogen-bond donors (Lipinski definition) is 0. The van der Waals surface area contributed by atoms with E-state index in [-0.39, 0.29) is 5.97 Å². The Bertz CT molecular complexity index is 363. The number of ether oxygens (including phenoxy) is 1. The summed E-state index contributed by atoms with van der Waals surface area (Å²) >= 11 is 9.22. The molecule has 0 aliphatic heterocycles. The van der Waals surface area contributed by atoms with Gasteiger partial charge in [0, 0.05) is 4.47 Å². The maximum Gasteiger partial charge on any atom is 0.339 e. The lowest BCUT2D eigenvalue weighted by atomic mass is 10.1. The second kappa shape index (κ2) is 4.80. The Labute approximate surface area is 96.3 Å². The van der Waals surface area contributed by atoms with Crippen LogP contribution in [0.5, 0.6) is 0 Å². The fourth-order valence-electron chi connectivity index (χ4n) is 1.08. The lowest BCUT2D eigenvalue weighted by molar-refractivity contribution is 0.0526. The van der Waals surface area contributed by atoms with Crippen LogP contribution in [0.2, 0.25) is 5.02 Å². The van der Waals surface area contributed by atoms with Crippen molar-refractivity contribution >= 4 is 33.5 Å². The van der Waals surface area contributed by atoms with Crippen molar-refractivity contribution in [3.8, 4) is 0 Å². The summed E-state index contributed by atoms with van der Waals surface area (Å²) in [5.74, 6) is -0.387. The van der Waals surface area contributed by atoms with E-state index in [0.29, 0.717) is 21.7 Å². The maximum atomic E-state index is 11.4. The molecule has 0 heterocycles. The van der Waals surface area contributed by atoms with Crippen LogP contribution in [0.15, 0.2) is 16.6 Å². The molecule has 0 aromatic heterocycles. The smallest absolute Gasteiger partial charge is 0.339 e. The van der Waals surface area contributed by atoms with E-state index in [1.807, 2.05) is 13.0 Å². The van der Waals surface area contributed by atoms with Crippen LogP contribution in [0.3, 0.4) is 0 Å². The molecule has 0 saturated carbocycles. The molecule has 1 rings (SSSR count). The van der Waals surface area contributed by atoms with Crippen molar-refractivity contribution in [2.75, 3.05) is 6.61 Å². The van der Waals surface area contributed by atoms with E-state index in [4.69, 9.17) is 16.3 Å². The third-order valence-corrected chi connectivity index (χ3v) is 2.93. The summed E-state index contributed by atoms with van der Waals surface area (Å²) in [6.07, 6.45) is 0. The Kier molecular flexibility index (Phi) is 3.96. The van der Waals surface area contributed by atoms with E-state index in [0.717, 1.165) is 5.56 Å². The van der Waals surface area contributed by atoms with Crippen LogP contribution in [-0.2, 0) is 4.74 Å². The summed E-state index contributed by atoms with van der Waals surface area (Å²) in [4.78, 5) is 11.4. The van der Waals surface area contributed by atoms with Crippen LogP contribution in [0.1, 0.15) is 22.8 Å². The van der Waals surface area contributed by atoms with Gasteiger partial charge in [0.1, 0.15) is 0 Å². The molecule has 0 fully saturated rings. The second-order valence-electron chi connectivity index (χ2n) is 2.83. The van der Waals surface area contributed by atoms with E-state index < -0.39 is 0 Å². The van der Waals surface area contributed by atoms with Gasteiger partial charge in [0.2, 0.25) is 0 Å². The minimum Gasteiger partial charge on any atom is -0.462 e. The van der Waals surface area contributed by atoms with E-state index >= 15 is 0 Å². The normalized spacial score (nSPS) is 10.0. The first-order valence-electron chi connectivity index (χ1n) is 4.19. The molecule has 0 bridgehead atoms. The quantitative estimate of drug-likeness (QED) is 0.772. The van der Waals surface area contributed by atoms with Crippen LogP contribution in [-0.4, -0.2) is 12.6 Å². The lowest BCUT2D eigenvalue weighted by Gasteiger charge is -2.06. The average Bonchev–Trinajstić information content (AvgIpc) is 2.11. The van der Waals surface area contributed by atoms with Crippen molar-refractivity contribution in [3.63, 3.8) is 0 Å². The molecule has 0 radical (unpaired) electrons. The molecule has 0 unspecified atom stereocenters. The highest BCUT2D eigenvalue weighted by atomic mass is 79.9. The van der Waals surface area contributed by atoms with Crippen molar-refractivity contribution in [1.29, 1.82) is 0 Å². The summed E-state index contributed by atoms with van der Waals surface area (Å²) in [6.45, 7) is 4.00. The monoisotopic (exact) mass is 276 g/mol. The van der Waals surface area contributed by atoms with Crippen LogP contribution in [0.4, 0.5) is 0 Å². The molecule has 0 aliphatic rings. The van der Waals surface area contributed by atoms with Crippen molar-refractivity contribution < 1.29 is 9.53 Å². The summed E-state index contributed by atoms with van der Waals surface area (Å²) in [6, 6.07) is 3.57. The van der Waals surface area contributed by atoms with Gasteiger partial charge in [-0.1, -0.05) is 11.6 Å². The summed E-state index contributed by atoms with van der Waals surface area (Å²) in [5, 5.41) is 0.397. The molecule has 0 aliphatic carbocycles. The number of hydrogen-bond acceptors (Lipinski definition) is 2. The summed E-state index contributed by atoms with van der Waals surface area (Å²) in [5.41, 5.74) is 1.37. The van der Waals surface area contributed by atoms with Crippen LogP contribution >= 0.6 is 27.5 Å². The fraction of sp³-hybridized carbons (Fsp3) is 0.300. The third-order valence-electron chi connectivity index (χ3n) is 1.67. The number of benzene rings is 1. The van der Waals surface area contributed by atoms with E-state index in [2.05, 4.69) is 15.9 Å². The van der Waals surface area contributed by atoms with E-state index in [1.165, 1.54) is 0 Å². The third kappa shape index (κ3) is 2.49. The van der Waals surface area contributed by atoms with Gasteiger partial charge >= 0.3 is 5.97 Å².